The van der Waals surface area contributed by atoms with Gasteiger partial charge in [-0.05, 0) is 24.8 Å². The third kappa shape index (κ3) is 3.03. The second kappa shape index (κ2) is 6.32. The smallest absolute Gasteiger partial charge is 0.255 e. The summed E-state index contributed by atoms with van der Waals surface area (Å²) in [5.41, 5.74) is 2.70. The van der Waals surface area contributed by atoms with Gasteiger partial charge >= 0.3 is 0 Å². The largest absolute Gasteiger partial charge is 0.380 e. The molecule has 1 fully saturated rings. The van der Waals surface area contributed by atoms with Gasteiger partial charge < -0.3 is 14.2 Å². The SMILES string of the molecule is Cn1cnc2c1C(COCC1CC1)CN(C(=O)c1ccnnc1)C2. The van der Waals surface area contributed by atoms with Crippen LogP contribution in [0.25, 0.3) is 0 Å². The molecule has 0 radical (unpaired) electrons. The number of nitrogens with zero attached hydrogens (tertiary/aromatic N) is 5. The van der Waals surface area contributed by atoms with E-state index in [1.165, 1.54) is 24.7 Å². The first kappa shape index (κ1) is 15.3. The van der Waals surface area contributed by atoms with Gasteiger partial charge in [0.25, 0.3) is 5.91 Å². The van der Waals surface area contributed by atoms with Gasteiger partial charge in [0.1, 0.15) is 0 Å². The Balaban J connectivity index is 1.52. The third-order valence-corrected chi connectivity index (χ3v) is 4.72. The van der Waals surface area contributed by atoms with Crippen molar-refractivity contribution in [2.24, 2.45) is 13.0 Å². The fraction of sp³-hybridized carbons (Fsp3) is 0.529. The molecular weight excluding hydrogens is 306 g/mol. The molecule has 126 valence electrons. The van der Waals surface area contributed by atoms with Gasteiger partial charge in [-0.25, -0.2) is 4.98 Å². The average molecular weight is 327 g/mol. The fourth-order valence-corrected chi connectivity index (χ4v) is 3.28. The molecule has 1 aliphatic heterocycles. The van der Waals surface area contributed by atoms with Crippen molar-refractivity contribution in [1.29, 1.82) is 0 Å². The maximum Gasteiger partial charge on any atom is 0.255 e. The number of carbonyl (C=O) groups excluding carboxylic acids is 1. The average Bonchev–Trinajstić information content (AvgIpc) is 3.36. The van der Waals surface area contributed by atoms with Crippen LogP contribution in [-0.4, -0.2) is 50.3 Å². The van der Waals surface area contributed by atoms with E-state index in [0.717, 1.165) is 18.2 Å². The first-order valence-corrected chi connectivity index (χ1v) is 8.36. The molecule has 0 bridgehead atoms. The van der Waals surface area contributed by atoms with E-state index in [1.807, 2.05) is 18.3 Å². The van der Waals surface area contributed by atoms with E-state index in [9.17, 15) is 4.79 Å². The molecule has 2 aromatic rings. The fourth-order valence-electron chi connectivity index (χ4n) is 3.28. The van der Waals surface area contributed by atoms with Crippen molar-refractivity contribution in [2.45, 2.75) is 25.3 Å². The van der Waals surface area contributed by atoms with E-state index in [1.54, 1.807) is 12.3 Å². The Morgan fingerprint density at radius 1 is 1.33 bits per heavy atom. The van der Waals surface area contributed by atoms with Crippen LogP contribution in [0.3, 0.4) is 0 Å². The Hall–Kier alpha value is -2.28. The summed E-state index contributed by atoms with van der Waals surface area (Å²) in [6.45, 7) is 2.61. The Morgan fingerprint density at radius 3 is 2.96 bits per heavy atom. The van der Waals surface area contributed by atoms with E-state index in [2.05, 4.69) is 19.7 Å². The third-order valence-electron chi connectivity index (χ3n) is 4.72. The van der Waals surface area contributed by atoms with E-state index < -0.39 is 0 Å². The standard InChI is InChI=1S/C17H21N5O2/c1-21-11-18-15-8-22(17(23)13-4-5-19-20-6-13)7-14(16(15)21)10-24-9-12-2-3-12/h4-6,11-12,14H,2-3,7-10H2,1H3. The van der Waals surface area contributed by atoms with Crippen molar-refractivity contribution in [3.8, 4) is 0 Å². The van der Waals surface area contributed by atoms with E-state index in [4.69, 9.17) is 4.74 Å². The van der Waals surface area contributed by atoms with Gasteiger partial charge in [0.2, 0.25) is 0 Å². The van der Waals surface area contributed by atoms with E-state index >= 15 is 0 Å². The Kier molecular flexibility index (Phi) is 4.02. The molecular formula is C17H21N5O2. The van der Waals surface area contributed by atoms with Crippen molar-refractivity contribution >= 4 is 5.91 Å². The Labute approximate surface area is 140 Å². The lowest BCUT2D eigenvalue weighted by molar-refractivity contribution is 0.0618. The number of amides is 1. The molecule has 7 nitrogen and oxygen atoms in total. The van der Waals surface area contributed by atoms with Crippen molar-refractivity contribution in [3.05, 3.63) is 41.7 Å². The molecule has 2 aromatic heterocycles. The summed E-state index contributed by atoms with van der Waals surface area (Å²) >= 11 is 0. The molecule has 0 aromatic carbocycles. The van der Waals surface area contributed by atoms with Gasteiger partial charge in [-0.1, -0.05) is 0 Å². The van der Waals surface area contributed by atoms with Crippen LogP contribution >= 0.6 is 0 Å². The van der Waals surface area contributed by atoms with Crippen LogP contribution in [0.5, 0.6) is 0 Å². The molecule has 7 heteroatoms. The van der Waals surface area contributed by atoms with Crippen molar-refractivity contribution in [1.82, 2.24) is 24.6 Å². The number of aryl methyl sites for hydroxylation is 1. The topological polar surface area (TPSA) is 73.1 Å². The molecule has 1 saturated carbocycles. The lowest BCUT2D eigenvalue weighted by Gasteiger charge is -2.32. The maximum atomic E-state index is 12.7. The molecule has 4 rings (SSSR count). The van der Waals surface area contributed by atoms with Crippen molar-refractivity contribution in [3.63, 3.8) is 0 Å². The highest BCUT2D eigenvalue weighted by atomic mass is 16.5. The first-order chi connectivity index (χ1) is 11.7. The van der Waals surface area contributed by atoms with Gasteiger partial charge in [-0.3, -0.25) is 4.79 Å². The normalized spacial score (nSPS) is 20.0. The Morgan fingerprint density at radius 2 is 2.21 bits per heavy atom. The zero-order valence-corrected chi connectivity index (χ0v) is 13.8. The summed E-state index contributed by atoms with van der Waals surface area (Å²) in [6.07, 6.45) is 7.43. The molecule has 2 aliphatic rings. The van der Waals surface area contributed by atoms with Gasteiger partial charge in [-0.15, -0.1) is 0 Å². The number of hydrogen-bond donors (Lipinski definition) is 0. The first-order valence-electron chi connectivity index (χ1n) is 8.36. The summed E-state index contributed by atoms with van der Waals surface area (Å²) in [6, 6.07) is 1.70. The second-order valence-electron chi connectivity index (χ2n) is 6.68. The van der Waals surface area contributed by atoms with Gasteiger partial charge in [0.05, 0.1) is 43.1 Å². The van der Waals surface area contributed by atoms with Crippen LogP contribution in [-0.2, 0) is 18.3 Å². The zero-order chi connectivity index (χ0) is 16.5. The molecule has 0 saturated heterocycles. The van der Waals surface area contributed by atoms with Crippen LogP contribution in [0.2, 0.25) is 0 Å². The summed E-state index contributed by atoms with van der Waals surface area (Å²) in [5.74, 6) is 0.854. The van der Waals surface area contributed by atoms with Gasteiger partial charge in [-0.2, -0.15) is 10.2 Å². The summed E-state index contributed by atoms with van der Waals surface area (Å²) in [5, 5.41) is 7.54. The highest BCUT2D eigenvalue weighted by molar-refractivity contribution is 5.93. The highest BCUT2D eigenvalue weighted by Crippen LogP contribution is 2.31. The predicted molar refractivity (Wildman–Crippen MR) is 86.3 cm³/mol. The number of ether oxygens (including phenoxy) is 1. The molecule has 1 amide bonds. The van der Waals surface area contributed by atoms with E-state index in [0.29, 0.717) is 25.3 Å². The molecule has 0 N–H and O–H groups in total. The van der Waals surface area contributed by atoms with Crippen LogP contribution in [0.15, 0.2) is 24.8 Å². The maximum absolute atomic E-state index is 12.7. The summed E-state index contributed by atoms with van der Waals surface area (Å²) in [7, 11) is 2.00. The van der Waals surface area contributed by atoms with Gasteiger partial charge in [0.15, 0.2) is 0 Å². The monoisotopic (exact) mass is 327 g/mol. The number of imidazole rings is 1. The number of carbonyl (C=O) groups is 1. The number of aromatic nitrogens is 4. The van der Waals surface area contributed by atoms with E-state index in [-0.39, 0.29) is 11.8 Å². The van der Waals surface area contributed by atoms with Gasteiger partial charge in [0, 0.05) is 31.8 Å². The number of hydrogen-bond acceptors (Lipinski definition) is 5. The molecule has 1 atom stereocenters. The molecule has 0 spiro atoms. The van der Waals surface area contributed by atoms with Crippen molar-refractivity contribution < 1.29 is 9.53 Å². The lowest BCUT2D eigenvalue weighted by atomic mass is 9.98. The Bertz CT molecular complexity index is 726. The number of rotatable bonds is 5. The summed E-state index contributed by atoms with van der Waals surface area (Å²) in [4.78, 5) is 19.0. The van der Waals surface area contributed by atoms with Crippen LogP contribution in [0.1, 0.15) is 40.5 Å². The van der Waals surface area contributed by atoms with Crippen LogP contribution in [0, 0.1) is 5.92 Å². The summed E-state index contributed by atoms with van der Waals surface area (Å²) < 4.78 is 7.96. The van der Waals surface area contributed by atoms with Crippen molar-refractivity contribution in [2.75, 3.05) is 19.8 Å². The molecule has 3 heterocycles. The molecule has 24 heavy (non-hydrogen) atoms. The quantitative estimate of drug-likeness (QED) is 0.829. The minimum Gasteiger partial charge on any atom is -0.380 e. The second-order valence-corrected chi connectivity index (χ2v) is 6.68. The lowest BCUT2D eigenvalue weighted by Crippen LogP contribution is -2.40. The van der Waals surface area contributed by atoms with Crippen LogP contribution in [0.4, 0.5) is 0 Å². The predicted octanol–water partition coefficient (Wildman–Crippen LogP) is 1.38. The number of fused-ring (bicyclic) bond motifs is 1. The minimum absolute atomic E-state index is 0.0339. The highest BCUT2D eigenvalue weighted by Gasteiger charge is 2.32. The molecule has 1 unspecified atom stereocenters. The minimum atomic E-state index is -0.0339. The molecule has 1 aliphatic carbocycles. The zero-order valence-electron chi connectivity index (χ0n) is 13.8. The van der Waals surface area contributed by atoms with Crippen LogP contribution < -0.4 is 0 Å².